The predicted octanol–water partition coefficient (Wildman–Crippen LogP) is 3.76. The van der Waals surface area contributed by atoms with Gasteiger partial charge in [-0.05, 0) is 61.4 Å². The van der Waals surface area contributed by atoms with Crippen LogP contribution in [0.4, 0.5) is 5.95 Å². The third-order valence-corrected chi connectivity index (χ3v) is 6.28. The first-order valence-electron chi connectivity index (χ1n) is 10.1. The molecule has 0 radical (unpaired) electrons. The van der Waals surface area contributed by atoms with Gasteiger partial charge in [0.25, 0.3) is 0 Å². The number of anilines is 1. The second-order valence-corrected chi connectivity index (χ2v) is 8.77. The number of ether oxygens (including phenoxy) is 1. The fraction of sp³-hybridized carbons (Fsp3) is 0.318. The van der Waals surface area contributed by atoms with E-state index in [4.69, 9.17) is 17.0 Å². The van der Waals surface area contributed by atoms with Crippen LogP contribution >= 0.6 is 24.0 Å². The van der Waals surface area contributed by atoms with Gasteiger partial charge in [0.05, 0.1) is 0 Å². The Balaban J connectivity index is 1.42. The Morgan fingerprint density at radius 3 is 2.58 bits per heavy atom. The van der Waals surface area contributed by atoms with E-state index in [1.54, 1.807) is 18.5 Å². The van der Waals surface area contributed by atoms with Crippen LogP contribution in [0.5, 0.6) is 0 Å². The molecule has 9 heteroatoms. The molecule has 160 valence electrons. The quantitative estimate of drug-likeness (QED) is 0.330. The van der Waals surface area contributed by atoms with Crippen molar-refractivity contribution in [2.75, 3.05) is 25.1 Å². The molecule has 1 aromatic carbocycles. The Hall–Kier alpha value is -2.62. The molecule has 3 aromatic rings. The molecule has 1 fully saturated rings. The zero-order valence-electron chi connectivity index (χ0n) is 17.2. The Morgan fingerprint density at radius 2 is 1.84 bits per heavy atom. The Morgan fingerprint density at radius 1 is 1.10 bits per heavy atom. The van der Waals surface area contributed by atoms with Crippen LogP contribution in [0.2, 0.25) is 0 Å². The fourth-order valence-electron chi connectivity index (χ4n) is 3.60. The van der Waals surface area contributed by atoms with Crippen LogP contribution in [0.3, 0.4) is 0 Å². The average Bonchev–Trinajstić information content (AvgIpc) is 2.79. The van der Waals surface area contributed by atoms with Crippen molar-refractivity contribution in [2.45, 2.75) is 35.4 Å². The molecule has 1 aliphatic rings. The van der Waals surface area contributed by atoms with Crippen molar-refractivity contribution in [1.29, 1.82) is 0 Å². The lowest BCUT2D eigenvalue weighted by Crippen LogP contribution is -2.45. The van der Waals surface area contributed by atoms with E-state index in [9.17, 15) is 0 Å². The molecule has 3 heterocycles. The lowest BCUT2D eigenvalue weighted by atomic mass is 9.74. The van der Waals surface area contributed by atoms with Crippen molar-refractivity contribution >= 4 is 35.0 Å². The summed E-state index contributed by atoms with van der Waals surface area (Å²) in [6.07, 6.45) is 5.32. The van der Waals surface area contributed by atoms with E-state index in [-0.39, 0.29) is 5.41 Å². The van der Waals surface area contributed by atoms with Gasteiger partial charge in [0.1, 0.15) is 5.03 Å². The number of benzene rings is 1. The van der Waals surface area contributed by atoms with Crippen molar-refractivity contribution in [3.8, 4) is 0 Å². The van der Waals surface area contributed by atoms with E-state index < -0.39 is 0 Å². The summed E-state index contributed by atoms with van der Waals surface area (Å²) in [6, 6.07) is 14.3. The van der Waals surface area contributed by atoms with Gasteiger partial charge in [-0.3, -0.25) is 0 Å². The molecular formula is C22H24N6OS2. The second kappa shape index (κ2) is 10.1. The Labute approximate surface area is 191 Å². The van der Waals surface area contributed by atoms with Gasteiger partial charge in [-0.2, -0.15) is 0 Å². The zero-order chi connectivity index (χ0) is 21.5. The summed E-state index contributed by atoms with van der Waals surface area (Å²) in [4.78, 5) is 17.5. The highest BCUT2D eigenvalue weighted by molar-refractivity contribution is 7.99. The largest absolute Gasteiger partial charge is 0.381 e. The number of hydrogen-bond donors (Lipinski definition) is 2. The first-order valence-corrected chi connectivity index (χ1v) is 11.3. The highest BCUT2D eigenvalue weighted by Gasteiger charge is 2.34. The topological polar surface area (TPSA) is 84.9 Å². The lowest BCUT2D eigenvalue weighted by Gasteiger charge is -2.38. The molecule has 0 unspecified atom stereocenters. The molecule has 0 bridgehead atoms. The molecule has 31 heavy (non-hydrogen) atoms. The summed E-state index contributed by atoms with van der Waals surface area (Å²) in [5.41, 5.74) is 2.13. The SMILES string of the molecule is Cc1cc(Sc2ncccn2)nc(NC(=S)NCC2(c3ccccc3)CCOCC2)n1. The van der Waals surface area contributed by atoms with Gasteiger partial charge >= 0.3 is 0 Å². The number of aryl methyl sites for hydroxylation is 1. The third kappa shape index (κ3) is 5.75. The van der Waals surface area contributed by atoms with Gasteiger partial charge in [-0.1, -0.05) is 30.3 Å². The fourth-order valence-corrected chi connectivity index (χ4v) is 4.54. The van der Waals surface area contributed by atoms with Crippen molar-refractivity contribution in [3.63, 3.8) is 0 Å². The van der Waals surface area contributed by atoms with E-state index in [0.29, 0.717) is 16.2 Å². The minimum absolute atomic E-state index is 0.00955. The van der Waals surface area contributed by atoms with Gasteiger partial charge in [-0.25, -0.2) is 19.9 Å². The van der Waals surface area contributed by atoms with Gasteiger partial charge in [0.2, 0.25) is 5.95 Å². The molecule has 2 aromatic heterocycles. The number of rotatable bonds is 6. The second-order valence-electron chi connectivity index (χ2n) is 7.37. The lowest BCUT2D eigenvalue weighted by molar-refractivity contribution is 0.0515. The first-order chi connectivity index (χ1) is 15.1. The van der Waals surface area contributed by atoms with Crippen LogP contribution in [0, 0.1) is 6.92 Å². The number of hydrogen-bond acceptors (Lipinski definition) is 7. The number of thiocarbonyl (C=S) groups is 1. The third-order valence-electron chi connectivity index (χ3n) is 5.22. The summed E-state index contributed by atoms with van der Waals surface area (Å²) < 4.78 is 5.62. The molecule has 7 nitrogen and oxygen atoms in total. The molecular weight excluding hydrogens is 428 g/mol. The van der Waals surface area contributed by atoms with E-state index >= 15 is 0 Å². The molecule has 2 N–H and O–H groups in total. The van der Waals surface area contributed by atoms with Gasteiger partial charge in [0.15, 0.2) is 10.3 Å². The molecule has 0 spiro atoms. The summed E-state index contributed by atoms with van der Waals surface area (Å²) in [5.74, 6) is 0.455. The summed E-state index contributed by atoms with van der Waals surface area (Å²) >= 11 is 6.94. The van der Waals surface area contributed by atoms with Gasteiger partial charge in [-0.15, -0.1) is 0 Å². The highest BCUT2D eigenvalue weighted by atomic mass is 32.2. The first kappa shape index (κ1) is 21.6. The molecule has 0 amide bonds. The highest BCUT2D eigenvalue weighted by Crippen LogP contribution is 2.34. The standard InChI is InChI=1S/C22H24N6OS2/c1-16-14-18(31-21-23-10-5-11-24-21)27-19(26-16)28-20(30)25-15-22(8-12-29-13-9-22)17-6-3-2-4-7-17/h2-7,10-11,14H,8-9,12-13,15H2,1H3,(H2,25,26,27,28,30). The van der Waals surface area contributed by atoms with Crippen LogP contribution in [0.1, 0.15) is 24.1 Å². The van der Waals surface area contributed by atoms with Crippen LogP contribution in [0.25, 0.3) is 0 Å². The molecule has 1 aliphatic heterocycles. The number of nitrogens with zero attached hydrogens (tertiary/aromatic N) is 4. The van der Waals surface area contributed by atoms with Crippen molar-refractivity contribution in [1.82, 2.24) is 25.3 Å². The van der Waals surface area contributed by atoms with E-state index in [1.165, 1.54) is 17.3 Å². The van der Waals surface area contributed by atoms with Crippen LogP contribution in [-0.2, 0) is 10.2 Å². The monoisotopic (exact) mass is 452 g/mol. The summed E-state index contributed by atoms with van der Waals surface area (Å²) in [6.45, 7) is 4.14. The molecule has 1 saturated heterocycles. The molecule has 0 aliphatic carbocycles. The van der Waals surface area contributed by atoms with Crippen molar-refractivity contribution < 1.29 is 4.74 Å². The Bertz CT molecular complexity index is 1010. The van der Waals surface area contributed by atoms with Crippen LogP contribution in [-0.4, -0.2) is 44.8 Å². The molecule has 0 atom stereocenters. The zero-order valence-corrected chi connectivity index (χ0v) is 18.9. The van der Waals surface area contributed by atoms with Crippen LogP contribution in [0.15, 0.2) is 65.0 Å². The van der Waals surface area contributed by atoms with E-state index in [2.05, 4.69) is 54.8 Å². The minimum atomic E-state index is -0.00955. The maximum absolute atomic E-state index is 5.62. The van der Waals surface area contributed by atoms with Gasteiger partial charge < -0.3 is 15.4 Å². The smallest absolute Gasteiger partial charge is 0.230 e. The molecule has 0 saturated carbocycles. The van der Waals surface area contributed by atoms with Gasteiger partial charge in [0, 0.05) is 43.3 Å². The van der Waals surface area contributed by atoms with E-state index in [1.807, 2.05) is 19.1 Å². The maximum atomic E-state index is 5.62. The molecule has 4 rings (SSSR count). The van der Waals surface area contributed by atoms with E-state index in [0.717, 1.165) is 43.3 Å². The maximum Gasteiger partial charge on any atom is 0.230 e. The summed E-state index contributed by atoms with van der Waals surface area (Å²) in [7, 11) is 0. The normalized spacial score (nSPS) is 15.3. The number of nitrogens with one attached hydrogen (secondary N) is 2. The Kier molecular flexibility index (Phi) is 7.06. The predicted molar refractivity (Wildman–Crippen MR) is 125 cm³/mol. The van der Waals surface area contributed by atoms with Crippen molar-refractivity contribution in [2.24, 2.45) is 0 Å². The summed E-state index contributed by atoms with van der Waals surface area (Å²) in [5, 5.41) is 8.41. The van der Waals surface area contributed by atoms with Crippen molar-refractivity contribution in [3.05, 3.63) is 66.1 Å². The minimum Gasteiger partial charge on any atom is -0.381 e. The number of aromatic nitrogens is 4. The average molecular weight is 453 g/mol. The van der Waals surface area contributed by atoms with Crippen LogP contribution < -0.4 is 10.6 Å².